The van der Waals surface area contributed by atoms with E-state index >= 15 is 0 Å². The van der Waals surface area contributed by atoms with E-state index in [2.05, 4.69) is 0 Å². The number of carbonyl (C=O) groups is 2. The first-order chi connectivity index (χ1) is 10.4. The Hall–Kier alpha value is -2.82. The quantitative estimate of drug-likeness (QED) is 0.738. The number of carboxylic acids is 1. The van der Waals surface area contributed by atoms with Gasteiger partial charge in [-0.3, -0.25) is 9.59 Å². The van der Waals surface area contributed by atoms with Gasteiger partial charge >= 0.3 is 5.97 Å². The normalized spacial score (nSPS) is 10.4. The number of aromatic hydroxyl groups is 2. The van der Waals surface area contributed by atoms with Gasteiger partial charge in [-0.05, 0) is 24.5 Å². The number of Topliss-reactive ketones (excluding diaryl/α,β-unsaturated/α-hetero) is 1. The number of phenolic OH excluding ortho intramolecular Hbond substituents is 2. The Morgan fingerprint density at radius 1 is 1.05 bits per heavy atom. The van der Waals surface area contributed by atoms with Crippen LogP contribution in [-0.2, 0) is 11.2 Å². The molecule has 0 aliphatic rings. The van der Waals surface area contributed by atoms with E-state index in [4.69, 9.17) is 5.11 Å². The summed E-state index contributed by atoms with van der Waals surface area (Å²) in [6.07, 6.45) is -0.167. The van der Waals surface area contributed by atoms with Crippen LogP contribution in [0.2, 0.25) is 0 Å². The second-order valence-corrected chi connectivity index (χ2v) is 4.96. The minimum Gasteiger partial charge on any atom is -0.507 e. The zero-order valence-corrected chi connectivity index (χ0v) is 12.0. The third kappa shape index (κ3) is 3.09. The van der Waals surface area contributed by atoms with Gasteiger partial charge in [0.25, 0.3) is 0 Å². The highest BCUT2D eigenvalue weighted by Gasteiger charge is 2.22. The molecule has 0 atom stereocenters. The van der Waals surface area contributed by atoms with Crippen LogP contribution in [0.25, 0.3) is 11.1 Å². The fourth-order valence-electron chi connectivity index (χ4n) is 2.51. The molecule has 2 rings (SSSR count). The molecule has 2 aromatic rings. The molecule has 0 spiro atoms. The Kier molecular flexibility index (Phi) is 4.46. The largest absolute Gasteiger partial charge is 0.507 e. The van der Waals surface area contributed by atoms with E-state index in [1.807, 2.05) is 6.07 Å². The van der Waals surface area contributed by atoms with Gasteiger partial charge in [-0.25, -0.2) is 0 Å². The maximum absolute atomic E-state index is 11.8. The lowest BCUT2D eigenvalue weighted by atomic mass is 9.89. The summed E-state index contributed by atoms with van der Waals surface area (Å²) in [7, 11) is 0. The molecule has 22 heavy (non-hydrogen) atoms. The van der Waals surface area contributed by atoms with Crippen molar-refractivity contribution in [2.45, 2.75) is 19.8 Å². The number of benzene rings is 2. The fraction of sp³-hybridized carbons (Fsp3) is 0.176. The molecule has 114 valence electrons. The van der Waals surface area contributed by atoms with Gasteiger partial charge in [-0.2, -0.15) is 0 Å². The standard InChI is InChI=1S/C17H16O5/c1-10(18)16-12(7-8-15(21)22)17(14(20)9-13(16)19)11-5-3-2-4-6-11/h2-6,9,19-20H,7-8H2,1H3,(H,21,22). The Balaban J connectivity index is 2.72. The van der Waals surface area contributed by atoms with Crippen LogP contribution in [0.4, 0.5) is 0 Å². The predicted octanol–water partition coefficient (Wildman–Crippen LogP) is 2.98. The molecular weight excluding hydrogens is 284 g/mol. The molecule has 0 amide bonds. The Labute approximate surface area is 127 Å². The van der Waals surface area contributed by atoms with Crippen LogP contribution in [0.3, 0.4) is 0 Å². The van der Waals surface area contributed by atoms with Crippen molar-refractivity contribution in [2.75, 3.05) is 0 Å². The monoisotopic (exact) mass is 300 g/mol. The first-order valence-electron chi connectivity index (χ1n) is 6.77. The second-order valence-electron chi connectivity index (χ2n) is 4.96. The number of rotatable bonds is 5. The number of aliphatic carboxylic acids is 1. The maximum Gasteiger partial charge on any atom is 0.303 e. The summed E-state index contributed by atoms with van der Waals surface area (Å²) in [6, 6.07) is 9.97. The number of carbonyl (C=O) groups excluding carboxylic acids is 1. The highest BCUT2D eigenvalue weighted by molar-refractivity contribution is 6.01. The zero-order valence-electron chi connectivity index (χ0n) is 12.0. The van der Waals surface area contributed by atoms with Crippen LogP contribution >= 0.6 is 0 Å². The molecule has 0 unspecified atom stereocenters. The molecule has 0 saturated carbocycles. The van der Waals surface area contributed by atoms with Crippen LogP contribution in [0.1, 0.15) is 29.3 Å². The molecular formula is C17H16O5. The number of ketones is 1. The van der Waals surface area contributed by atoms with Crippen LogP contribution in [0.5, 0.6) is 11.5 Å². The van der Waals surface area contributed by atoms with Gasteiger partial charge in [0, 0.05) is 18.1 Å². The Bertz CT molecular complexity index is 720. The van der Waals surface area contributed by atoms with Crippen molar-refractivity contribution in [1.29, 1.82) is 0 Å². The van der Waals surface area contributed by atoms with E-state index in [0.29, 0.717) is 16.7 Å². The summed E-state index contributed by atoms with van der Waals surface area (Å²) in [4.78, 5) is 22.7. The van der Waals surface area contributed by atoms with Crippen molar-refractivity contribution in [3.8, 4) is 22.6 Å². The van der Waals surface area contributed by atoms with Gasteiger partial charge in [0.2, 0.25) is 0 Å². The molecule has 0 bridgehead atoms. The lowest BCUT2D eigenvalue weighted by molar-refractivity contribution is -0.136. The average Bonchev–Trinajstić information content (AvgIpc) is 2.44. The summed E-state index contributed by atoms with van der Waals surface area (Å²) < 4.78 is 0. The van der Waals surface area contributed by atoms with Crippen molar-refractivity contribution >= 4 is 11.8 Å². The van der Waals surface area contributed by atoms with E-state index in [0.717, 1.165) is 6.07 Å². The summed E-state index contributed by atoms with van der Waals surface area (Å²) in [5.74, 6) is -1.93. The SMILES string of the molecule is CC(=O)c1c(O)cc(O)c(-c2ccccc2)c1CCC(=O)O. The molecule has 0 aliphatic heterocycles. The minimum absolute atomic E-state index is 0.0381. The number of hydrogen-bond donors (Lipinski definition) is 3. The van der Waals surface area contributed by atoms with Gasteiger partial charge in [0.1, 0.15) is 11.5 Å². The van der Waals surface area contributed by atoms with Crippen molar-refractivity contribution in [2.24, 2.45) is 0 Å². The van der Waals surface area contributed by atoms with E-state index < -0.39 is 5.97 Å². The zero-order chi connectivity index (χ0) is 16.3. The van der Waals surface area contributed by atoms with E-state index in [-0.39, 0.29) is 35.7 Å². The smallest absolute Gasteiger partial charge is 0.303 e. The number of carboxylic acid groups (broad SMARTS) is 1. The molecule has 0 saturated heterocycles. The van der Waals surface area contributed by atoms with Crippen molar-refractivity contribution < 1.29 is 24.9 Å². The van der Waals surface area contributed by atoms with Gasteiger partial charge in [0.05, 0.1) is 5.56 Å². The van der Waals surface area contributed by atoms with Crippen molar-refractivity contribution in [1.82, 2.24) is 0 Å². The van der Waals surface area contributed by atoms with Crippen molar-refractivity contribution in [3.63, 3.8) is 0 Å². The molecule has 0 heterocycles. The highest BCUT2D eigenvalue weighted by atomic mass is 16.4. The molecule has 2 aromatic carbocycles. The first-order valence-corrected chi connectivity index (χ1v) is 6.77. The maximum atomic E-state index is 11.8. The lowest BCUT2D eigenvalue weighted by Gasteiger charge is -2.16. The summed E-state index contributed by atoms with van der Waals surface area (Å²) >= 11 is 0. The third-order valence-electron chi connectivity index (χ3n) is 3.39. The van der Waals surface area contributed by atoms with Crippen LogP contribution in [0.15, 0.2) is 36.4 Å². The lowest BCUT2D eigenvalue weighted by Crippen LogP contribution is -2.06. The molecule has 0 radical (unpaired) electrons. The van der Waals surface area contributed by atoms with Gasteiger partial charge in [0.15, 0.2) is 5.78 Å². The molecule has 0 aliphatic carbocycles. The van der Waals surface area contributed by atoms with Crippen molar-refractivity contribution in [3.05, 3.63) is 47.5 Å². The number of hydrogen-bond acceptors (Lipinski definition) is 4. The van der Waals surface area contributed by atoms with Crippen LogP contribution < -0.4 is 0 Å². The second kappa shape index (κ2) is 6.30. The Morgan fingerprint density at radius 2 is 1.68 bits per heavy atom. The van der Waals surface area contributed by atoms with Gasteiger partial charge < -0.3 is 15.3 Å². The van der Waals surface area contributed by atoms with E-state index in [9.17, 15) is 19.8 Å². The molecule has 0 aromatic heterocycles. The van der Waals surface area contributed by atoms with Gasteiger partial charge in [-0.1, -0.05) is 30.3 Å². The van der Waals surface area contributed by atoms with E-state index in [1.165, 1.54) is 6.92 Å². The van der Waals surface area contributed by atoms with Gasteiger partial charge in [-0.15, -0.1) is 0 Å². The predicted molar refractivity (Wildman–Crippen MR) is 81.2 cm³/mol. The van der Waals surface area contributed by atoms with Crippen LogP contribution in [0, 0.1) is 0 Å². The highest BCUT2D eigenvalue weighted by Crippen LogP contribution is 2.40. The molecule has 3 N–H and O–H groups in total. The fourth-order valence-corrected chi connectivity index (χ4v) is 2.51. The molecule has 0 fully saturated rings. The molecule has 5 heteroatoms. The average molecular weight is 300 g/mol. The third-order valence-corrected chi connectivity index (χ3v) is 3.39. The van der Waals surface area contributed by atoms with Crippen LogP contribution in [-0.4, -0.2) is 27.1 Å². The summed E-state index contributed by atoms with van der Waals surface area (Å²) in [5.41, 5.74) is 1.43. The van der Waals surface area contributed by atoms with E-state index in [1.54, 1.807) is 24.3 Å². The topological polar surface area (TPSA) is 94.8 Å². The Morgan fingerprint density at radius 3 is 2.23 bits per heavy atom. The minimum atomic E-state index is -1.02. The first kappa shape index (κ1) is 15.6. The summed E-state index contributed by atoms with van der Waals surface area (Å²) in [6.45, 7) is 1.30. The summed E-state index contributed by atoms with van der Waals surface area (Å²) in [5, 5.41) is 29.0. The molecule has 5 nitrogen and oxygen atoms in total. The number of phenols is 2.